The Bertz CT molecular complexity index is 852. The summed E-state index contributed by atoms with van der Waals surface area (Å²) in [5, 5.41) is 45.3. The lowest BCUT2D eigenvalue weighted by molar-refractivity contribution is -0.206. The number of hydrogen-bond donors (Lipinski definition) is 4. The molecule has 1 aliphatic heterocycles. The molecule has 0 unspecified atom stereocenters. The number of likely N-dealkylation sites (N-methyl/N-ethyl adjacent to an activating group) is 1. The van der Waals surface area contributed by atoms with Gasteiger partial charge in [-0.25, -0.2) is 0 Å². The van der Waals surface area contributed by atoms with Crippen LogP contribution < -0.4 is 0 Å². The Morgan fingerprint density at radius 2 is 1.59 bits per heavy atom. The molecule has 242 valence electrons. The normalized spacial score (nSPS) is 50.0. The van der Waals surface area contributed by atoms with E-state index in [0.717, 1.165) is 0 Å². The number of carbonyl (C=O) groups is 1. The maximum atomic E-state index is 13.7. The first-order chi connectivity index (χ1) is 18.7. The number of esters is 1. The number of aliphatic hydroxyl groups is 4. The van der Waals surface area contributed by atoms with Gasteiger partial charge >= 0.3 is 5.97 Å². The predicted octanol–water partition coefficient (Wildman–Crippen LogP) is 3.39. The fourth-order valence-electron chi connectivity index (χ4n) is 7.41. The van der Waals surface area contributed by atoms with Crippen LogP contribution in [-0.2, 0) is 19.0 Å². The zero-order chi connectivity index (χ0) is 31.7. The second kappa shape index (κ2) is 13.9. The summed E-state index contributed by atoms with van der Waals surface area (Å²) >= 11 is 0. The van der Waals surface area contributed by atoms with Gasteiger partial charge in [-0.3, -0.25) is 4.79 Å². The van der Waals surface area contributed by atoms with E-state index in [1.165, 1.54) is 6.92 Å². The molecular weight excluding hydrogens is 526 g/mol. The van der Waals surface area contributed by atoms with Crippen molar-refractivity contribution in [2.75, 3.05) is 20.7 Å². The van der Waals surface area contributed by atoms with Crippen molar-refractivity contribution >= 4 is 5.97 Å². The Labute approximate surface area is 248 Å². The van der Waals surface area contributed by atoms with Crippen molar-refractivity contribution in [3.8, 4) is 0 Å². The number of aliphatic hydroxyl groups excluding tert-OH is 2. The summed E-state index contributed by atoms with van der Waals surface area (Å²) < 4.78 is 18.5. The van der Waals surface area contributed by atoms with E-state index >= 15 is 0 Å². The third-order valence-electron chi connectivity index (χ3n) is 10.8. The van der Waals surface area contributed by atoms with Gasteiger partial charge in [-0.1, -0.05) is 34.6 Å². The molecule has 1 saturated heterocycles. The van der Waals surface area contributed by atoms with E-state index in [-0.39, 0.29) is 29.8 Å². The Morgan fingerprint density at radius 1 is 1.00 bits per heavy atom. The van der Waals surface area contributed by atoms with Gasteiger partial charge in [0.25, 0.3) is 0 Å². The lowest BCUT2D eigenvalue weighted by Gasteiger charge is -2.47. The number of methoxy groups -OCH3 is 1. The van der Waals surface area contributed by atoms with Crippen molar-refractivity contribution < 1.29 is 39.4 Å². The molecule has 1 saturated carbocycles. The zero-order valence-electron chi connectivity index (χ0n) is 27.8. The van der Waals surface area contributed by atoms with Gasteiger partial charge in [0.1, 0.15) is 17.8 Å². The topological polar surface area (TPSA) is 129 Å². The average molecular weight is 588 g/mol. The molecule has 41 heavy (non-hydrogen) atoms. The highest BCUT2D eigenvalue weighted by molar-refractivity contribution is 5.73. The van der Waals surface area contributed by atoms with Crippen LogP contribution >= 0.6 is 0 Å². The van der Waals surface area contributed by atoms with E-state index in [4.69, 9.17) is 14.2 Å². The third-order valence-corrected chi connectivity index (χ3v) is 10.8. The molecule has 0 aromatic carbocycles. The van der Waals surface area contributed by atoms with Gasteiger partial charge in [0, 0.05) is 26.1 Å². The first kappa shape index (κ1) is 36.4. The van der Waals surface area contributed by atoms with Gasteiger partial charge in [-0.2, -0.15) is 0 Å². The van der Waals surface area contributed by atoms with Crippen molar-refractivity contribution in [3.63, 3.8) is 0 Å². The predicted molar refractivity (Wildman–Crippen MR) is 159 cm³/mol. The van der Waals surface area contributed by atoms with Crippen LogP contribution in [0.25, 0.3) is 0 Å². The molecule has 2 aliphatic rings. The molecule has 0 spiro atoms. The maximum Gasteiger partial charge on any atom is 0.311 e. The highest BCUT2D eigenvalue weighted by Crippen LogP contribution is 2.41. The molecule has 0 bridgehead atoms. The molecular formula is C32H61NO8. The minimum absolute atomic E-state index is 0.0695. The van der Waals surface area contributed by atoms with Crippen molar-refractivity contribution in [2.45, 2.75) is 148 Å². The summed E-state index contributed by atoms with van der Waals surface area (Å²) in [7, 11) is 3.49. The highest BCUT2D eigenvalue weighted by Gasteiger charge is 2.49. The summed E-state index contributed by atoms with van der Waals surface area (Å²) in [5.41, 5.74) is -3.52. The number of rotatable bonds is 4. The molecule has 9 nitrogen and oxygen atoms in total. The van der Waals surface area contributed by atoms with Gasteiger partial charge in [-0.15, -0.1) is 0 Å². The molecule has 9 heteroatoms. The lowest BCUT2D eigenvalue weighted by Crippen LogP contribution is -2.59. The Kier molecular flexibility index (Phi) is 12.3. The van der Waals surface area contributed by atoms with Crippen molar-refractivity contribution in [1.82, 2.24) is 4.90 Å². The maximum absolute atomic E-state index is 13.7. The van der Waals surface area contributed by atoms with Crippen LogP contribution in [0.1, 0.15) is 94.9 Å². The Hall–Kier alpha value is -0.810. The zero-order valence-corrected chi connectivity index (χ0v) is 27.8. The molecule has 1 heterocycles. The Morgan fingerprint density at radius 3 is 2.12 bits per heavy atom. The SMILES string of the molecule is CC[C@H]1OC(=O)[C@H](C)[C@@H](O[C@@H]2C[C@@H](C)[C@H](O)[C@](C)(OC)C2)[C@H](C)[C@@H](C)[C@](C)(O)C[C@@H](C)CN(C)[C@H](C)[C@@H](O)[C@]1(C)O. The second-order valence-corrected chi connectivity index (χ2v) is 14.4. The first-order valence-corrected chi connectivity index (χ1v) is 15.7. The molecule has 2 fully saturated rings. The van der Waals surface area contributed by atoms with Crippen LogP contribution in [0.15, 0.2) is 0 Å². The Balaban J connectivity index is 2.53. The quantitative estimate of drug-likeness (QED) is 0.366. The minimum Gasteiger partial charge on any atom is -0.459 e. The molecule has 0 radical (unpaired) electrons. The molecule has 4 N–H and O–H groups in total. The summed E-state index contributed by atoms with van der Waals surface area (Å²) in [6, 6.07) is -0.418. The summed E-state index contributed by atoms with van der Waals surface area (Å²) in [4.78, 5) is 15.7. The van der Waals surface area contributed by atoms with E-state index in [1.54, 1.807) is 14.0 Å². The summed E-state index contributed by atoms with van der Waals surface area (Å²) in [6.45, 7) is 19.4. The van der Waals surface area contributed by atoms with Gasteiger partial charge in [0.2, 0.25) is 0 Å². The smallest absolute Gasteiger partial charge is 0.311 e. The van der Waals surface area contributed by atoms with Crippen LogP contribution in [0.4, 0.5) is 0 Å². The number of cyclic esters (lactones) is 1. The van der Waals surface area contributed by atoms with Gasteiger partial charge in [0.15, 0.2) is 0 Å². The van der Waals surface area contributed by atoms with E-state index in [9.17, 15) is 25.2 Å². The fourth-order valence-corrected chi connectivity index (χ4v) is 7.41. The molecule has 2 rings (SSSR count). The van der Waals surface area contributed by atoms with E-state index in [0.29, 0.717) is 32.2 Å². The molecule has 0 aromatic rings. The van der Waals surface area contributed by atoms with Gasteiger partial charge in [-0.05, 0) is 84.6 Å². The number of hydrogen-bond acceptors (Lipinski definition) is 9. The largest absolute Gasteiger partial charge is 0.459 e. The van der Waals surface area contributed by atoms with E-state index in [2.05, 4.69) is 6.92 Å². The molecule has 1 aliphatic carbocycles. The molecule has 0 aromatic heterocycles. The van der Waals surface area contributed by atoms with Crippen molar-refractivity contribution in [2.24, 2.45) is 29.6 Å². The van der Waals surface area contributed by atoms with Crippen LogP contribution in [0.5, 0.6) is 0 Å². The lowest BCUT2D eigenvalue weighted by atomic mass is 9.72. The standard InChI is InChI=1S/C32H61NO8/c1-13-25-32(10,38)28(35)23(7)33(11)17-18(2)15-30(8,37)22(6)20(4)26(21(5)29(36)41-25)40-24-14-19(3)27(34)31(9,16-24)39-12/h18-28,34-35,37-38H,13-17H2,1-12H3/t18-,19-,20-,21-,22-,23-,24-,25-,26+,27+,28-,30-,31-,32-/m1/s1. The van der Waals surface area contributed by atoms with Crippen LogP contribution in [0.3, 0.4) is 0 Å². The van der Waals surface area contributed by atoms with Crippen molar-refractivity contribution in [3.05, 3.63) is 0 Å². The van der Waals surface area contributed by atoms with Crippen LogP contribution in [-0.4, -0.2) is 105 Å². The number of nitrogens with zero attached hydrogens (tertiary/aromatic N) is 1. The highest BCUT2D eigenvalue weighted by atomic mass is 16.6. The number of carbonyl (C=O) groups excluding carboxylic acids is 1. The van der Waals surface area contributed by atoms with Gasteiger partial charge in [0.05, 0.1) is 35.4 Å². The van der Waals surface area contributed by atoms with Crippen molar-refractivity contribution in [1.29, 1.82) is 0 Å². The molecule has 0 amide bonds. The fraction of sp³-hybridized carbons (Fsp3) is 0.969. The summed E-state index contributed by atoms with van der Waals surface area (Å²) in [6.07, 6.45) is -1.71. The van der Waals surface area contributed by atoms with E-state index in [1.807, 2.05) is 60.4 Å². The van der Waals surface area contributed by atoms with Crippen LogP contribution in [0.2, 0.25) is 0 Å². The monoisotopic (exact) mass is 587 g/mol. The average Bonchev–Trinajstić information content (AvgIpc) is 2.89. The number of ether oxygens (including phenoxy) is 3. The van der Waals surface area contributed by atoms with E-state index < -0.39 is 59.1 Å². The second-order valence-electron chi connectivity index (χ2n) is 14.4. The van der Waals surface area contributed by atoms with Gasteiger partial charge < -0.3 is 39.5 Å². The first-order valence-electron chi connectivity index (χ1n) is 15.7. The van der Waals surface area contributed by atoms with Crippen LogP contribution in [0, 0.1) is 29.6 Å². The third kappa shape index (κ3) is 8.02. The summed E-state index contributed by atoms with van der Waals surface area (Å²) in [5.74, 6) is -1.67. The molecule has 14 atom stereocenters. The minimum atomic E-state index is -1.68.